The summed E-state index contributed by atoms with van der Waals surface area (Å²) in [5.74, 6) is 0.0392. The number of carbonyl (C=O) groups excluding carboxylic acids is 2. The molecule has 1 aliphatic rings. The van der Waals surface area contributed by atoms with Crippen LogP contribution in [0.5, 0.6) is 0 Å². The molecule has 1 fully saturated rings. The second-order valence-electron chi connectivity index (χ2n) is 8.93. The molecule has 1 saturated heterocycles. The molecule has 1 aromatic rings. The van der Waals surface area contributed by atoms with Crippen molar-refractivity contribution in [2.45, 2.75) is 73.0 Å². The van der Waals surface area contributed by atoms with Gasteiger partial charge in [-0.1, -0.05) is 0 Å². The standard InChI is InChI=1S/C22H33BrN2O3/c1-14(2)25(19-13-16(4)15(3)12-18(19)23)20(26)17-8-10-24(11-9-17)21(27)28-22(5,6)7/h12-14,17H,8-11H2,1-7H3. The Balaban J connectivity index is 2.12. The average Bonchev–Trinajstić information content (AvgIpc) is 2.58. The maximum atomic E-state index is 13.4. The number of anilines is 1. The number of benzene rings is 1. The number of likely N-dealkylation sites (tertiary alicyclic amines) is 1. The first-order valence-electron chi connectivity index (χ1n) is 9.98. The molecule has 0 atom stereocenters. The number of hydrogen-bond acceptors (Lipinski definition) is 3. The van der Waals surface area contributed by atoms with Gasteiger partial charge in [0.2, 0.25) is 5.91 Å². The quantitative estimate of drug-likeness (QED) is 0.611. The smallest absolute Gasteiger partial charge is 0.410 e. The van der Waals surface area contributed by atoms with Gasteiger partial charge < -0.3 is 14.5 Å². The van der Waals surface area contributed by atoms with Crippen LogP contribution < -0.4 is 4.90 Å². The third-order valence-corrected chi connectivity index (χ3v) is 5.71. The van der Waals surface area contributed by atoms with Crippen LogP contribution in [0.3, 0.4) is 0 Å². The monoisotopic (exact) mass is 452 g/mol. The normalized spacial score (nSPS) is 15.7. The average molecular weight is 453 g/mol. The highest BCUT2D eigenvalue weighted by Gasteiger charge is 2.34. The molecule has 0 bridgehead atoms. The predicted molar refractivity (Wildman–Crippen MR) is 117 cm³/mol. The zero-order valence-electron chi connectivity index (χ0n) is 18.1. The Morgan fingerprint density at radius 3 is 2.18 bits per heavy atom. The Bertz CT molecular complexity index is 732. The molecule has 2 amide bonds. The van der Waals surface area contributed by atoms with Crippen LogP contribution >= 0.6 is 15.9 Å². The van der Waals surface area contributed by atoms with Gasteiger partial charge in [-0.05, 0) is 100 Å². The van der Waals surface area contributed by atoms with Crippen LogP contribution in [-0.2, 0) is 9.53 Å². The summed E-state index contributed by atoms with van der Waals surface area (Å²) in [7, 11) is 0. The molecule has 0 aliphatic carbocycles. The van der Waals surface area contributed by atoms with Crippen molar-refractivity contribution in [3.63, 3.8) is 0 Å². The van der Waals surface area contributed by atoms with Crippen molar-refractivity contribution in [2.24, 2.45) is 5.92 Å². The third kappa shape index (κ3) is 5.49. The highest BCUT2D eigenvalue weighted by molar-refractivity contribution is 9.10. The van der Waals surface area contributed by atoms with Crippen LogP contribution in [0, 0.1) is 19.8 Å². The second-order valence-corrected chi connectivity index (χ2v) is 9.79. The van der Waals surface area contributed by atoms with E-state index in [1.165, 1.54) is 5.56 Å². The number of piperidine rings is 1. The molecule has 0 saturated carbocycles. The van der Waals surface area contributed by atoms with Gasteiger partial charge in [0.15, 0.2) is 0 Å². The number of carbonyl (C=O) groups is 2. The number of hydrogen-bond donors (Lipinski definition) is 0. The summed E-state index contributed by atoms with van der Waals surface area (Å²) in [5.41, 5.74) is 2.76. The van der Waals surface area contributed by atoms with E-state index in [-0.39, 0.29) is 24.0 Å². The van der Waals surface area contributed by atoms with E-state index in [2.05, 4.69) is 41.9 Å². The van der Waals surface area contributed by atoms with Gasteiger partial charge in [-0.15, -0.1) is 0 Å². The Morgan fingerprint density at radius 2 is 1.68 bits per heavy atom. The molecule has 28 heavy (non-hydrogen) atoms. The second kappa shape index (κ2) is 8.85. The van der Waals surface area contributed by atoms with Crippen LogP contribution in [0.2, 0.25) is 0 Å². The highest BCUT2D eigenvalue weighted by Crippen LogP contribution is 2.33. The zero-order chi connectivity index (χ0) is 21.2. The molecule has 1 heterocycles. The van der Waals surface area contributed by atoms with Crippen LogP contribution in [0.25, 0.3) is 0 Å². The molecular formula is C22H33BrN2O3. The minimum absolute atomic E-state index is 0.0507. The molecule has 6 heteroatoms. The molecule has 156 valence electrons. The van der Waals surface area contributed by atoms with E-state index in [1.54, 1.807) is 4.90 Å². The van der Waals surface area contributed by atoms with E-state index in [0.29, 0.717) is 25.9 Å². The molecule has 1 aromatic carbocycles. The first-order chi connectivity index (χ1) is 12.9. The summed E-state index contributed by atoms with van der Waals surface area (Å²) in [5, 5.41) is 0. The summed E-state index contributed by atoms with van der Waals surface area (Å²) in [6.07, 6.45) is 1.02. The van der Waals surface area contributed by atoms with E-state index >= 15 is 0 Å². The SMILES string of the molecule is Cc1cc(Br)c(N(C(=O)C2CCN(C(=O)OC(C)(C)C)CC2)C(C)C)cc1C. The maximum absolute atomic E-state index is 13.4. The van der Waals surface area contributed by atoms with Crippen molar-refractivity contribution >= 4 is 33.6 Å². The molecule has 0 N–H and O–H groups in total. The third-order valence-electron chi connectivity index (χ3n) is 5.07. The molecule has 1 aliphatic heterocycles. The molecule has 0 spiro atoms. The lowest BCUT2D eigenvalue weighted by Gasteiger charge is -2.36. The van der Waals surface area contributed by atoms with E-state index in [9.17, 15) is 9.59 Å². The number of amides is 2. The Kier molecular flexibility index (Phi) is 7.18. The van der Waals surface area contributed by atoms with Crippen LogP contribution in [-0.4, -0.2) is 41.6 Å². The Hall–Kier alpha value is -1.56. The van der Waals surface area contributed by atoms with Gasteiger partial charge in [0.1, 0.15) is 5.60 Å². The molecule has 5 nitrogen and oxygen atoms in total. The van der Waals surface area contributed by atoms with Crippen molar-refractivity contribution in [3.8, 4) is 0 Å². The fourth-order valence-electron chi connectivity index (χ4n) is 3.43. The number of ether oxygens (including phenoxy) is 1. The van der Waals surface area contributed by atoms with Crippen LogP contribution in [0.1, 0.15) is 58.6 Å². The van der Waals surface area contributed by atoms with Gasteiger partial charge in [0.05, 0.1) is 5.69 Å². The van der Waals surface area contributed by atoms with Crippen molar-refractivity contribution in [2.75, 3.05) is 18.0 Å². The fourth-order valence-corrected chi connectivity index (χ4v) is 4.08. The van der Waals surface area contributed by atoms with Gasteiger partial charge in [0, 0.05) is 29.5 Å². The Labute approximate surface area is 177 Å². The summed E-state index contributed by atoms with van der Waals surface area (Å²) >= 11 is 3.64. The molecule has 2 rings (SSSR count). The van der Waals surface area contributed by atoms with Gasteiger partial charge in [-0.25, -0.2) is 4.79 Å². The molecule has 0 unspecified atom stereocenters. The first-order valence-corrected chi connectivity index (χ1v) is 10.8. The largest absolute Gasteiger partial charge is 0.444 e. The highest BCUT2D eigenvalue weighted by atomic mass is 79.9. The molecular weight excluding hydrogens is 420 g/mol. The minimum Gasteiger partial charge on any atom is -0.444 e. The van der Waals surface area contributed by atoms with Crippen LogP contribution in [0.15, 0.2) is 16.6 Å². The number of rotatable bonds is 3. The van der Waals surface area contributed by atoms with E-state index < -0.39 is 5.60 Å². The van der Waals surface area contributed by atoms with Gasteiger partial charge in [-0.2, -0.15) is 0 Å². The van der Waals surface area contributed by atoms with E-state index in [0.717, 1.165) is 15.7 Å². The predicted octanol–water partition coefficient (Wildman–Crippen LogP) is 5.45. The summed E-state index contributed by atoms with van der Waals surface area (Å²) in [6.45, 7) is 14.9. The first kappa shape index (κ1) is 22.7. The van der Waals surface area contributed by atoms with Crippen molar-refractivity contribution in [1.82, 2.24) is 4.90 Å². The lowest BCUT2D eigenvalue weighted by Crippen LogP contribution is -2.47. The summed E-state index contributed by atoms with van der Waals surface area (Å²) in [6, 6.07) is 4.20. The van der Waals surface area contributed by atoms with Crippen molar-refractivity contribution in [3.05, 3.63) is 27.7 Å². The van der Waals surface area contributed by atoms with Gasteiger partial charge in [-0.3, -0.25) is 4.79 Å². The zero-order valence-corrected chi connectivity index (χ0v) is 19.7. The fraction of sp³-hybridized carbons (Fsp3) is 0.636. The molecule has 0 radical (unpaired) electrons. The summed E-state index contributed by atoms with van der Waals surface area (Å²) in [4.78, 5) is 29.2. The van der Waals surface area contributed by atoms with Gasteiger partial charge in [0.25, 0.3) is 0 Å². The van der Waals surface area contributed by atoms with E-state index in [4.69, 9.17) is 4.74 Å². The number of nitrogens with zero attached hydrogens (tertiary/aromatic N) is 2. The Morgan fingerprint density at radius 1 is 1.14 bits per heavy atom. The molecule has 0 aromatic heterocycles. The van der Waals surface area contributed by atoms with Crippen molar-refractivity contribution < 1.29 is 14.3 Å². The minimum atomic E-state index is -0.506. The number of aryl methyl sites for hydroxylation is 2. The maximum Gasteiger partial charge on any atom is 0.410 e. The van der Waals surface area contributed by atoms with Crippen LogP contribution in [0.4, 0.5) is 10.5 Å². The lowest BCUT2D eigenvalue weighted by molar-refractivity contribution is -0.124. The van der Waals surface area contributed by atoms with E-state index in [1.807, 2.05) is 39.5 Å². The van der Waals surface area contributed by atoms with Gasteiger partial charge >= 0.3 is 6.09 Å². The number of halogens is 1. The lowest BCUT2D eigenvalue weighted by atomic mass is 9.94. The van der Waals surface area contributed by atoms with Crippen molar-refractivity contribution in [1.29, 1.82) is 0 Å². The summed E-state index contributed by atoms with van der Waals surface area (Å²) < 4.78 is 6.39. The topological polar surface area (TPSA) is 49.9 Å².